The van der Waals surface area contributed by atoms with Crippen molar-refractivity contribution in [3.05, 3.63) is 24.3 Å². The van der Waals surface area contributed by atoms with Crippen LogP contribution < -0.4 is 16.0 Å². The van der Waals surface area contributed by atoms with Crippen molar-refractivity contribution in [1.82, 2.24) is 10.3 Å². The molecule has 1 saturated carbocycles. The van der Waals surface area contributed by atoms with Gasteiger partial charge in [0.15, 0.2) is 5.58 Å². The van der Waals surface area contributed by atoms with Gasteiger partial charge in [-0.05, 0) is 50.3 Å². The molecule has 2 unspecified atom stereocenters. The molecule has 3 N–H and O–H groups in total. The summed E-state index contributed by atoms with van der Waals surface area (Å²) in [5.41, 5.74) is 7.58. The molecule has 2 aromatic rings. The van der Waals surface area contributed by atoms with Gasteiger partial charge >= 0.3 is 0 Å². The quantitative estimate of drug-likeness (QED) is 0.880. The van der Waals surface area contributed by atoms with E-state index in [4.69, 9.17) is 10.2 Å². The van der Waals surface area contributed by atoms with Gasteiger partial charge in [-0.25, -0.2) is 0 Å². The summed E-state index contributed by atoms with van der Waals surface area (Å²) in [7, 11) is 0. The van der Waals surface area contributed by atoms with E-state index in [2.05, 4.69) is 15.2 Å². The minimum Gasteiger partial charge on any atom is -0.423 e. The van der Waals surface area contributed by atoms with E-state index < -0.39 is 0 Å². The third-order valence-electron chi connectivity index (χ3n) is 5.96. The number of rotatable bonds is 4. The van der Waals surface area contributed by atoms with E-state index in [1.807, 2.05) is 24.3 Å². The van der Waals surface area contributed by atoms with E-state index in [-0.39, 0.29) is 17.9 Å². The van der Waals surface area contributed by atoms with Crippen molar-refractivity contribution >= 4 is 23.0 Å². The molecule has 1 aromatic carbocycles. The van der Waals surface area contributed by atoms with Crippen LogP contribution in [0.1, 0.15) is 38.5 Å². The van der Waals surface area contributed by atoms with Gasteiger partial charge in [0.05, 0.1) is 0 Å². The zero-order valence-electron chi connectivity index (χ0n) is 15.2. The number of hydrogen-bond acceptors (Lipinski definition) is 5. The average Bonchev–Trinajstić information content (AvgIpc) is 3.13. The van der Waals surface area contributed by atoms with Crippen LogP contribution in [-0.2, 0) is 4.79 Å². The van der Waals surface area contributed by atoms with Crippen LogP contribution in [0.2, 0.25) is 0 Å². The zero-order valence-corrected chi connectivity index (χ0v) is 15.2. The number of aromatic nitrogens is 1. The summed E-state index contributed by atoms with van der Waals surface area (Å²) in [6.45, 7) is 2.27. The fraction of sp³-hybridized carbons (Fsp3) is 0.600. The van der Waals surface area contributed by atoms with Crippen LogP contribution in [-0.4, -0.2) is 36.6 Å². The molecule has 2 atom stereocenters. The van der Waals surface area contributed by atoms with Gasteiger partial charge in [0.1, 0.15) is 5.52 Å². The number of amides is 1. The lowest BCUT2D eigenvalue weighted by atomic mass is 9.84. The number of carbonyl (C=O) groups excluding carboxylic acids is 1. The summed E-state index contributed by atoms with van der Waals surface area (Å²) in [6.07, 6.45) is 6.30. The molecule has 1 aromatic heterocycles. The SMILES string of the molecule is NCC1CCCCC1NC(=O)C1CCN(c2nc3ccccc3o2)CC1. The van der Waals surface area contributed by atoms with Crippen molar-refractivity contribution in [2.24, 2.45) is 17.6 Å². The lowest BCUT2D eigenvalue weighted by molar-refractivity contribution is -0.126. The molecule has 0 spiro atoms. The molecule has 1 amide bonds. The molecule has 26 heavy (non-hydrogen) atoms. The number of anilines is 1. The van der Waals surface area contributed by atoms with Gasteiger partial charge in [0.2, 0.25) is 5.91 Å². The predicted octanol–water partition coefficient (Wildman–Crippen LogP) is 2.68. The number of oxazole rings is 1. The molecule has 1 aliphatic carbocycles. The first kappa shape index (κ1) is 17.3. The first-order chi connectivity index (χ1) is 12.7. The van der Waals surface area contributed by atoms with Gasteiger partial charge in [-0.3, -0.25) is 4.79 Å². The van der Waals surface area contributed by atoms with Crippen molar-refractivity contribution in [1.29, 1.82) is 0 Å². The first-order valence-electron chi connectivity index (χ1n) is 9.85. The second-order valence-electron chi connectivity index (χ2n) is 7.62. The molecule has 2 heterocycles. The molecule has 0 radical (unpaired) electrons. The number of fused-ring (bicyclic) bond motifs is 1. The molecule has 1 saturated heterocycles. The highest BCUT2D eigenvalue weighted by atomic mass is 16.4. The summed E-state index contributed by atoms with van der Waals surface area (Å²) in [5.74, 6) is 0.719. The van der Waals surface area contributed by atoms with Gasteiger partial charge in [-0.1, -0.05) is 25.0 Å². The Morgan fingerprint density at radius 2 is 1.96 bits per heavy atom. The maximum Gasteiger partial charge on any atom is 0.298 e. The fourth-order valence-corrected chi connectivity index (χ4v) is 4.31. The van der Waals surface area contributed by atoms with Gasteiger partial charge in [0.25, 0.3) is 6.01 Å². The number of nitrogens with zero attached hydrogens (tertiary/aromatic N) is 2. The Kier molecular flexibility index (Phi) is 5.11. The Bertz CT molecular complexity index is 718. The minimum atomic E-state index is 0.0796. The molecule has 140 valence electrons. The number of carbonyl (C=O) groups is 1. The van der Waals surface area contributed by atoms with Gasteiger partial charge in [-0.15, -0.1) is 0 Å². The predicted molar refractivity (Wildman–Crippen MR) is 102 cm³/mol. The molecular formula is C20H28N4O2. The summed E-state index contributed by atoms with van der Waals surface area (Å²) >= 11 is 0. The van der Waals surface area contributed by atoms with Crippen molar-refractivity contribution < 1.29 is 9.21 Å². The van der Waals surface area contributed by atoms with Crippen molar-refractivity contribution in [2.45, 2.75) is 44.6 Å². The molecule has 2 fully saturated rings. The largest absolute Gasteiger partial charge is 0.423 e. The molecule has 2 aliphatic rings. The van der Waals surface area contributed by atoms with Crippen LogP contribution >= 0.6 is 0 Å². The molecular weight excluding hydrogens is 328 g/mol. The standard InChI is InChI=1S/C20H28N4O2/c21-13-15-5-1-2-6-16(15)22-19(25)14-9-11-24(12-10-14)20-23-17-7-3-4-8-18(17)26-20/h3-4,7-8,14-16H,1-2,5-6,9-13,21H2,(H,22,25). The number of piperidine rings is 1. The van der Waals surface area contributed by atoms with Crippen molar-refractivity contribution in [2.75, 3.05) is 24.5 Å². The van der Waals surface area contributed by atoms with E-state index in [1.165, 1.54) is 12.8 Å². The Labute approximate surface area is 154 Å². The molecule has 6 heteroatoms. The lowest BCUT2D eigenvalue weighted by Gasteiger charge is -2.34. The van der Waals surface area contributed by atoms with E-state index in [9.17, 15) is 4.79 Å². The number of hydrogen-bond donors (Lipinski definition) is 2. The maximum atomic E-state index is 12.7. The highest BCUT2D eigenvalue weighted by molar-refractivity contribution is 5.79. The van der Waals surface area contributed by atoms with Crippen LogP contribution in [0.4, 0.5) is 6.01 Å². The number of benzene rings is 1. The Hall–Kier alpha value is -2.08. The summed E-state index contributed by atoms with van der Waals surface area (Å²) in [5, 5.41) is 3.29. The normalized spacial score (nSPS) is 24.7. The van der Waals surface area contributed by atoms with E-state index in [0.29, 0.717) is 18.5 Å². The maximum absolute atomic E-state index is 12.7. The monoisotopic (exact) mass is 356 g/mol. The highest BCUT2D eigenvalue weighted by Crippen LogP contribution is 2.28. The number of nitrogens with one attached hydrogen (secondary N) is 1. The summed E-state index contributed by atoms with van der Waals surface area (Å²) in [6, 6.07) is 8.74. The molecule has 6 nitrogen and oxygen atoms in total. The zero-order chi connectivity index (χ0) is 17.9. The first-order valence-corrected chi connectivity index (χ1v) is 9.85. The van der Waals surface area contributed by atoms with Crippen LogP contribution in [0.25, 0.3) is 11.1 Å². The number of nitrogens with two attached hydrogens (primary N) is 1. The Morgan fingerprint density at radius 1 is 1.19 bits per heavy atom. The fourth-order valence-electron chi connectivity index (χ4n) is 4.31. The van der Waals surface area contributed by atoms with Crippen LogP contribution in [0.3, 0.4) is 0 Å². The van der Waals surface area contributed by atoms with Crippen LogP contribution in [0, 0.1) is 11.8 Å². The van der Waals surface area contributed by atoms with Crippen LogP contribution in [0.15, 0.2) is 28.7 Å². The van der Waals surface area contributed by atoms with E-state index >= 15 is 0 Å². The molecule has 0 bridgehead atoms. The minimum absolute atomic E-state index is 0.0796. The Morgan fingerprint density at radius 3 is 2.73 bits per heavy atom. The van der Waals surface area contributed by atoms with Gasteiger partial charge in [-0.2, -0.15) is 4.98 Å². The summed E-state index contributed by atoms with van der Waals surface area (Å²) < 4.78 is 5.85. The average molecular weight is 356 g/mol. The van der Waals surface area contributed by atoms with Gasteiger partial charge < -0.3 is 20.4 Å². The van der Waals surface area contributed by atoms with E-state index in [1.54, 1.807) is 0 Å². The second kappa shape index (κ2) is 7.66. The molecule has 1 aliphatic heterocycles. The third-order valence-corrected chi connectivity index (χ3v) is 5.96. The summed E-state index contributed by atoms with van der Waals surface area (Å²) in [4.78, 5) is 19.4. The van der Waals surface area contributed by atoms with Crippen molar-refractivity contribution in [3.63, 3.8) is 0 Å². The topological polar surface area (TPSA) is 84.4 Å². The number of para-hydroxylation sites is 2. The highest BCUT2D eigenvalue weighted by Gasteiger charge is 2.31. The smallest absolute Gasteiger partial charge is 0.298 e. The van der Waals surface area contributed by atoms with Crippen LogP contribution in [0.5, 0.6) is 0 Å². The third kappa shape index (κ3) is 3.56. The lowest BCUT2D eigenvalue weighted by Crippen LogP contribution is -2.48. The van der Waals surface area contributed by atoms with E-state index in [0.717, 1.165) is 49.9 Å². The second-order valence-corrected chi connectivity index (χ2v) is 7.62. The van der Waals surface area contributed by atoms with Crippen molar-refractivity contribution in [3.8, 4) is 0 Å². The van der Waals surface area contributed by atoms with Gasteiger partial charge in [0, 0.05) is 25.0 Å². The molecule has 4 rings (SSSR count). The Balaban J connectivity index is 1.33.